The Morgan fingerprint density at radius 1 is 0.577 bits per heavy atom. The van der Waals surface area contributed by atoms with Crippen LogP contribution in [-0.4, -0.2) is 346 Å². The number of carbonyl (C=O) groups is 2. The van der Waals surface area contributed by atoms with Gasteiger partial charge in [-0.3, -0.25) is 35.7 Å². The molecule has 0 bridgehead atoms. The summed E-state index contributed by atoms with van der Waals surface area (Å²) in [6.45, 7) is 44.2. The van der Waals surface area contributed by atoms with E-state index in [4.69, 9.17) is 24.1 Å². The number of hydrogen-bond acceptors (Lipinski definition) is 24. The SMILES string of the molecule is [CH-]CN[C@H](CN[CH-]CN[C@H](CN[C@@H](CCC(=O)O)C[NH+]=CCN[C@H](CN[C@@H](CCCCN)CN[C@H](CNCCNCCN1CCC[C@H]1CN[C@@H](CO)CN[C@@H](CO)CNCC[NH+]=CCN1CCC[C@H]1CN1CCC[C@H]1CN1CCC[C@H]1CN[C@H](CN)CO)CC(N)=O)CC(C)C)[C@@H](C)CC)CC(C)C. The molecule has 0 saturated carbocycles. The first-order valence-corrected chi connectivity index (χ1v) is 41.3. The van der Waals surface area contributed by atoms with Gasteiger partial charge in [0.05, 0.1) is 45.5 Å². The Bertz CT molecular complexity index is 2150. The number of nitrogens with one attached hydrogen (secondary N) is 15. The van der Waals surface area contributed by atoms with Crippen molar-refractivity contribution in [2.75, 3.05) is 203 Å². The number of aliphatic hydroxyl groups excluding tert-OH is 3. The van der Waals surface area contributed by atoms with E-state index in [-0.39, 0.29) is 86.9 Å². The maximum atomic E-state index is 12.3. The quantitative estimate of drug-likeness (QED) is 0.0154. The van der Waals surface area contributed by atoms with Crippen molar-refractivity contribution in [1.29, 1.82) is 0 Å². The van der Waals surface area contributed by atoms with Gasteiger partial charge in [0.2, 0.25) is 5.91 Å². The number of carboxylic acid groups (broad SMARTS) is 1. The van der Waals surface area contributed by atoms with Crippen LogP contribution >= 0.6 is 0 Å². The first kappa shape index (κ1) is 93.8. The predicted molar refractivity (Wildman–Crippen MR) is 426 cm³/mol. The smallest absolute Gasteiger partial charge is 0.303 e. The van der Waals surface area contributed by atoms with E-state index in [1.807, 2.05) is 0 Å². The topological polar surface area (TPSA) is 390 Å². The highest BCUT2D eigenvalue weighted by atomic mass is 16.4. The summed E-state index contributed by atoms with van der Waals surface area (Å²) >= 11 is 0. The van der Waals surface area contributed by atoms with Crippen molar-refractivity contribution in [2.45, 2.75) is 229 Å². The van der Waals surface area contributed by atoms with Crippen molar-refractivity contribution in [3.8, 4) is 0 Å². The average molecular weight is 1480 g/mol. The minimum absolute atomic E-state index is 0.0140. The van der Waals surface area contributed by atoms with Gasteiger partial charge in [0, 0.05) is 184 Å². The number of primary amides is 1. The first-order valence-electron chi connectivity index (χ1n) is 41.3. The van der Waals surface area contributed by atoms with Crippen molar-refractivity contribution in [2.24, 2.45) is 35.0 Å². The fourth-order valence-corrected chi connectivity index (χ4v) is 15.4. The number of nitrogens with two attached hydrogens (primary N) is 3. The summed E-state index contributed by atoms with van der Waals surface area (Å²) in [6, 6.07) is 2.67. The number of hydrogen-bond donors (Lipinski definition) is 22. The van der Waals surface area contributed by atoms with Crippen molar-refractivity contribution < 1.29 is 40.0 Å². The number of likely N-dealkylation sites (tertiary alicyclic amines) is 4. The molecular formula is C76H159N22O6. The molecule has 28 nitrogen and oxygen atoms in total. The Morgan fingerprint density at radius 3 is 1.80 bits per heavy atom. The maximum absolute atomic E-state index is 12.3. The van der Waals surface area contributed by atoms with Gasteiger partial charge in [-0.1, -0.05) is 54.4 Å². The van der Waals surface area contributed by atoms with Gasteiger partial charge in [0.15, 0.2) is 25.5 Å². The molecule has 0 aromatic rings. The van der Waals surface area contributed by atoms with Crippen molar-refractivity contribution in [1.82, 2.24) is 88.7 Å². The average Bonchev–Trinajstić information content (AvgIpc) is 1.70. The second-order valence-corrected chi connectivity index (χ2v) is 31.4. The molecule has 1 amide bonds. The van der Waals surface area contributed by atoms with E-state index in [1.165, 1.54) is 45.1 Å². The first-order chi connectivity index (χ1) is 50.5. The molecule has 4 aliphatic rings. The number of rotatable bonds is 69. The van der Waals surface area contributed by atoms with Crippen molar-refractivity contribution >= 4 is 24.3 Å². The lowest BCUT2D eigenvalue weighted by molar-refractivity contribution is -0.457. The molecule has 0 aromatic carbocycles. The standard InChI is InChI=1S/C76H157N22O6/c1-8-61(7)74(88-31-29-85-45-64(86-9-2)40-59(3)4)53-94-63(21-22-76(103)104)44-84-28-30-87-65(41-60(5)6)49-89-62(16-10-11-23-77)48-90-66(42-75(79)102)46-82-26-24-80-32-38-95-34-12-17-70(95)51-93-69(58-101)50-91-68(57-100)47-83-27-25-81-33-39-96-35-14-19-72(96)54-98-37-15-20-73(98)55-97-36-13-18-71(97)52-92-67(43-78)56-99/h2,28-29,33,59-74,80,82-83,85-94,99-101H,8-27,30-32,34-58,77-78H2,1,3-7H3,(H2,79,102)(H,103,104)/q-2/p+2/t61-,62-,63-,64-,65-,66-,67+,68+,69+,70-,71-,72-,73-,74+/m0/s1. The number of carbonyl (C=O) groups excluding carboxylic acids is 1. The van der Waals surface area contributed by atoms with Crippen LogP contribution in [0.25, 0.3) is 0 Å². The molecule has 0 unspecified atom stereocenters. The molecule has 28 heteroatoms. The number of amides is 1. The summed E-state index contributed by atoms with van der Waals surface area (Å²) in [5.41, 5.74) is 17.6. The molecule has 4 fully saturated rings. The summed E-state index contributed by atoms with van der Waals surface area (Å²) < 4.78 is 0. The van der Waals surface area contributed by atoms with Gasteiger partial charge in [-0.15, -0.1) is 6.54 Å². The second-order valence-electron chi connectivity index (χ2n) is 31.4. The Morgan fingerprint density at radius 2 is 1.14 bits per heavy atom. The van der Waals surface area contributed by atoms with E-state index in [0.717, 1.165) is 163 Å². The molecular weight excluding hydrogens is 1320 g/mol. The molecule has 104 heavy (non-hydrogen) atoms. The van der Waals surface area contributed by atoms with E-state index in [0.29, 0.717) is 120 Å². The molecule has 0 aromatic heterocycles. The molecule has 25 N–H and O–H groups in total. The van der Waals surface area contributed by atoms with Gasteiger partial charge < -0.3 is 114 Å². The largest absolute Gasteiger partial charge is 0.481 e. The molecule has 0 spiro atoms. The van der Waals surface area contributed by atoms with Crippen LogP contribution in [-0.2, 0) is 9.59 Å². The lowest BCUT2D eigenvalue weighted by Gasteiger charge is -2.35. The highest BCUT2D eigenvalue weighted by molar-refractivity contribution is 5.74. The van der Waals surface area contributed by atoms with Crippen LogP contribution < -0.4 is 96.3 Å². The number of carboxylic acids is 1. The lowest BCUT2D eigenvalue weighted by Crippen LogP contribution is -2.75. The molecule has 4 heterocycles. The van der Waals surface area contributed by atoms with Crippen LogP contribution in [0.3, 0.4) is 0 Å². The molecule has 1 radical (unpaired) electrons. The minimum Gasteiger partial charge on any atom is -0.481 e. The number of aliphatic hydroxyl groups is 3. The summed E-state index contributed by atoms with van der Waals surface area (Å²) in [5, 5.41) is 86.7. The lowest BCUT2D eigenvalue weighted by atomic mass is 9.98. The normalized spacial score (nSPS) is 21.9. The van der Waals surface area contributed by atoms with Crippen LogP contribution in [0.15, 0.2) is 0 Å². The third kappa shape index (κ3) is 42.5. The Balaban J connectivity index is 1.10. The van der Waals surface area contributed by atoms with Crippen LogP contribution in [0.5, 0.6) is 0 Å². The zero-order valence-electron chi connectivity index (χ0n) is 66.1. The molecule has 4 saturated heterocycles. The zero-order valence-corrected chi connectivity index (χ0v) is 66.1. The third-order valence-corrected chi connectivity index (χ3v) is 21.9. The van der Waals surface area contributed by atoms with E-state index in [2.05, 4.69) is 159 Å². The second kappa shape index (κ2) is 59.2. The summed E-state index contributed by atoms with van der Waals surface area (Å²) in [6.07, 6.45) is 20.9. The van der Waals surface area contributed by atoms with Crippen LogP contribution in [0.2, 0.25) is 0 Å². The fourth-order valence-electron chi connectivity index (χ4n) is 15.4. The molecule has 14 atom stereocenters. The Hall–Kier alpha value is -2.60. The minimum atomic E-state index is -0.793. The van der Waals surface area contributed by atoms with Gasteiger partial charge in [-0.25, -0.2) is 9.98 Å². The summed E-state index contributed by atoms with van der Waals surface area (Å²) in [7, 11) is 0. The van der Waals surface area contributed by atoms with E-state index in [9.17, 15) is 30.0 Å². The van der Waals surface area contributed by atoms with Gasteiger partial charge in [0.25, 0.3) is 0 Å². The Labute approximate surface area is 631 Å². The van der Waals surface area contributed by atoms with Crippen LogP contribution in [0.4, 0.5) is 0 Å². The van der Waals surface area contributed by atoms with Crippen molar-refractivity contribution in [3.05, 3.63) is 13.5 Å². The summed E-state index contributed by atoms with van der Waals surface area (Å²) in [5.74, 6) is 0.373. The van der Waals surface area contributed by atoms with Gasteiger partial charge in [-0.05, 0) is 140 Å². The van der Waals surface area contributed by atoms with E-state index >= 15 is 0 Å². The number of aliphatic carboxylic acids is 1. The molecule has 0 aliphatic carbocycles. The molecule has 609 valence electrons. The monoisotopic (exact) mass is 1480 g/mol. The van der Waals surface area contributed by atoms with Gasteiger partial charge in [0.1, 0.15) is 0 Å². The highest BCUT2D eigenvalue weighted by Crippen LogP contribution is 2.27. The molecule has 4 rings (SSSR count). The number of nitrogens with zero attached hydrogens (tertiary/aromatic N) is 4. The Kier molecular flexibility index (Phi) is 53.4. The summed E-state index contributed by atoms with van der Waals surface area (Å²) in [4.78, 5) is 41.7. The maximum Gasteiger partial charge on any atom is 0.303 e. The fraction of sp³-hybridized carbons (Fsp3) is 0.921. The van der Waals surface area contributed by atoms with Gasteiger partial charge in [-0.2, -0.15) is 6.54 Å². The number of unbranched alkanes of at least 4 members (excludes halogenated alkanes) is 1. The zero-order chi connectivity index (χ0) is 75.4. The van der Waals surface area contributed by atoms with Crippen LogP contribution in [0.1, 0.15) is 151 Å². The highest BCUT2D eigenvalue weighted by Gasteiger charge is 2.35. The van der Waals surface area contributed by atoms with Gasteiger partial charge >= 0.3 is 5.97 Å². The van der Waals surface area contributed by atoms with Crippen molar-refractivity contribution in [3.63, 3.8) is 0 Å². The molecule has 4 aliphatic heterocycles. The van der Waals surface area contributed by atoms with E-state index < -0.39 is 5.97 Å². The van der Waals surface area contributed by atoms with Crippen LogP contribution in [0, 0.1) is 31.2 Å². The third-order valence-electron chi connectivity index (χ3n) is 21.9. The van der Waals surface area contributed by atoms with E-state index in [1.54, 1.807) is 0 Å². The predicted octanol–water partition coefficient (Wildman–Crippen LogP) is -5.06.